The third-order valence-corrected chi connectivity index (χ3v) is 6.43. The summed E-state index contributed by atoms with van der Waals surface area (Å²) in [4.78, 5) is 33.7. The van der Waals surface area contributed by atoms with Crippen molar-refractivity contribution in [2.24, 2.45) is 0 Å². The van der Waals surface area contributed by atoms with Gasteiger partial charge in [0, 0.05) is 45.5 Å². The molecule has 1 aromatic heterocycles. The minimum atomic E-state index is -0.359. The zero-order chi connectivity index (χ0) is 23.4. The first-order chi connectivity index (χ1) is 16.0. The van der Waals surface area contributed by atoms with Gasteiger partial charge in [0.05, 0.1) is 30.8 Å². The maximum atomic E-state index is 12.7. The number of aromatic nitrogens is 1. The molecule has 0 bridgehead atoms. The van der Waals surface area contributed by atoms with Crippen molar-refractivity contribution in [2.45, 2.75) is 32.7 Å². The summed E-state index contributed by atoms with van der Waals surface area (Å²) in [5.41, 5.74) is 2.66. The summed E-state index contributed by atoms with van der Waals surface area (Å²) in [6.45, 7) is 9.73. The van der Waals surface area contributed by atoms with E-state index in [2.05, 4.69) is 39.7 Å². The lowest BCUT2D eigenvalue weighted by Gasteiger charge is -2.36. The molecule has 184 valence electrons. The number of benzene rings is 1. The smallest absolute Gasteiger partial charge is 0.337 e. The Bertz CT molecular complexity index is 979. The maximum Gasteiger partial charge on any atom is 0.337 e. The SMILES string of the molecule is COC(=O)c1ccc(N2C(C)CC(=O)N2CCCN2CCN(c3cc(C)ccn3)CC2)cc1.Cl. The van der Waals surface area contributed by atoms with Crippen molar-refractivity contribution in [3.63, 3.8) is 0 Å². The highest BCUT2D eigenvalue weighted by Gasteiger charge is 2.35. The highest BCUT2D eigenvalue weighted by atomic mass is 35.5. The molecule has 3 heterocycles. The monoisotopic (exact) mass is 487 g/mol. The van der Waals surface area contributed by atoms with E-state index in [9.17, 15) is 9.59 Å². The van der Waals surface area contributed by atoms with Crippen molar-refractivity contribution in [3.8, 4) is 0 Å². The predicted molar refractivity (Wildman–Crippen MR) is 136 cm³/mol. The molecule has 1 atom stereocenters. The summed E-state index contributed by atoms with van der Waals surface area (Å²) >= 11 is 0. The molecule has 0 N–H and O–H groups in total. The van der Waals surface area contributed by atoms with Crippen LogP contribution in [0.1, 0.15) is 35.7 Å². The number of hydrogen-bond donors (Lipinski definition) is 0. The standard InChI is InChI=1S/C25H33N5O3.ClH/c1-19-9-10-26-23(17-19)28-15-13-27(14-16-28)11-4-12-29-24(31)18-20(2)30(29)22-7-5-21(6-8-22)25(32)33-3;/h5-10,17,20H,4,11-16,18H2,1-3H3;1H. The molecule has 1 aromatic carbocycles. The fraction of sp³-hybridized carbons (Fsp3) is 0.480. The summed E-state index contributed by atoms with van der Waals surface area (Å²) in [6.07, 6.45) is 3.29. The van der Waals surface area contributed by atoms with Gasteiger partial charge in [-0.2, -0.15) is 0 Å². The number of hydrazine groups is 1. The van der Waals surface area contributed by atoms with Crippen LogP contribution in [0.4, 0.5) is 11.5 Å². The topological polar surface area (TPSA) is 69.2 Å². The number of ether oxygens (including phenoxy) is 1. The Hall–Kier alpha value is -2.84. The number of hydrogen-bond acceptors (Lipinski definition) is 7. The van der Waals surface area contributed by atoms with E-state index in [1.165, 1.54) is 12.7 Å². The first kappa shape index (κ1) is 25.8. The van der Waals surface area contributed by atoms with E-state index in [4.69, 9.17) is 4.74 Å². The molecule has 0 spiro atoms. The number of nitrogens with zero attached hydrogens (tertiary/aromatic N) is 5. The lowest BCUT2D eigenvalue weighted by atomic mass is 10.2. The van der Waals surface area contributed by atoms with Crippen molar-refractivity contribution in [1.82, 2.24) is 14.9 Å². The number of anilines is 2. The molecule has 2 saturated heterocycles. The molecule has 34 heavy (non-hydrogen) atoms. The van der Waals surface area contributed by atoms with Crippen molar-refractivity contribution in [2.75, 3.05) is 56.3 Å². The molecular formula is C25H34ClN5O3. The molecule has 1 unspecified atom stereocenters. The van der Waals surface area contributed by atoms with Crippen LogP contribution in [0.15, 0.2) is 42.6 Å². The average Bonchev–Trinajstić information content (AvgIpc) is 3.11. The van der Waals surface area contributed by atoms with Gasteiger partial charge in [-0.1, -0.05) is 0 Å². The number of piperazine rings is 1. The van der Waals surface area contributed by atoms with Crippen molar-refractivity contribution >= 4 is 35.8 Å². The minimum Gasteiger partial charge on any atom is -0.465 e. The Morgan fingerprint density at radius 1 is 1.09 bits per heavy atom. The van der Waals surface area contributed by atoms with Crippen LogP contribution in [0.2, 0.25) is 0 Å². The molecular weight excluding hydrogens is 454 g/mol. The second-order valence-electron chi connectivity index (χ2n) is 8.83. The van der Waals surface area contributed by atoms with E-state index in [1.807, 2.05) is 29.4 Å². The van der Waals surface area contributed by atoms with Crippen LogP contribution in [0.25, 0.3) is 0 Å². The number of aryl methyl sites for hydroxylation is 1. The second-order valence-corrected chi connectivity index (χ2v) is 8.83. The largest absolute Gasteiger partial charge is 0.465 e. The zero-order valence-electron chi connectivity index (χ0n) is 20.1. The number of carbonyl (C=O) groups is 2. The van der Waals surface area contributed by atoms with Crippen LogP contribution < -0.4 is 9.91 Å². The third kappa shape index (κ3) is 5.80. The first-order valence-corrected chi connectivity index (χ1v) is 11.6. The van der Waals surface area contributed by atoms with Gasteiger partial charge in [-0.15, -0.1) is 12.4 Å². The van der Waals surface area contributed by atoms with Gasteiger partial charge in [-0.05, 0) is 62.2 Å². The summed E-state index contributed by atoms with van der Waals surface area (Å²) in [5, 5.41) is 3.93. The molecule has 0 aliphatic carbocycles. The number of rotatable bonds is 7. The Morgan fingerprint density at radius 3 is 2.44 bits per heavy atom. The van der Waals surface area contributed by atoms with Crippen LogP contribution in [0.5, 0.6) is 0 Å². The Labute approximate surface area is 207 Å². The van der Waals surface area contributed by atoms with E-state index in [0.717, 1.165) is 50.6 Å². The molecule has 2 aliphatic heterocycles. The van der Waals surface area contributed by atoms with Crippen LogP contribution in [0, 0.1) is 6.92 Å². The summed E-state index contributed by atoms with van der Waals surface area (Å²) < 4.78 is 4.78. The summed E-state index contributed by atoms with van der Waals surface area (Å²) in [7, 11) is 1.37. The van der Waals surface area contributed by atoms with Gasteiger partial charge < -0.3 is 9.64 Å². The molecule has 8 nitrogen and oxygen atoms in total. The molecule has 1 amide bonds. The van der Waals surface area contributed by atoms with Crippen LogP contribution in [0.3, 0.4) is 0 Å². The highest BCUT2D eigenvalue weighted by molar-refractivity contribution is 5.90. The van der Waals surface area contributed by atoms with E-state index >= 15 is 0 Å². The average molecular weight is 488 g/mol. The number of amides is 1. The van der Waals surface area contributed by atoms with Crippen molar-refractivity contribution in [3.05, 3.63) is 53.7 Å². The Balaban J connectivity index is 0.00000324. The van der Waals surface area contributed by atoms with Crippen LogP contribution in [-0.4, -0.2) is 79.2 Å². The fourth-order valence-corrected chi connectivity index (χ4v) is 4.63. The van der Waals surface area contributed by atoms with E-state index in [-0.39, 0.29) is 30.3 Å². The van der Waals surface area contributed by atoms with E-state index in [1.54, 1.807) is 12.1 Å². The number of esters is 1. The molecule has 0 saturated carbocycles. The van der Waals surface area contributed by atoms with Crippen LogP contribution in [-0.2, 0) is 9.53 Å². The molecule has 2 fully saturated rings. The van der Waals surface area contributed by atoms with Gasteiger partial charge in [0.2, 0.25) is 5.91 Å². The van der Waals surface area contributed by atoms with Gasteiger partial charge in [0.25, 0.3) is 0 Å². The third-order valence-electron chi connectivity index (χ3n) is 6.43. The number of carbonyl (C=O) groups excluding carboxylic acids is 2. The fourth-order valence-electron chi connectivity index (χ4n) is 4.63. The van der Waals surface area contributed by atoms with Gasteiger partial charge in [0.1, 0.15) is 5.82 Å². The summed E-state index contributed by atoms with van der Waals surface area (Å²) in [6, 6.07) is 11.5. The summed E-state index contributed by atoms with van der Waals surface area (Å²) in [5.74, 6) is 0.845. The van der Waals surface area contributed by atoms with Gasteiger partial charge >= 0.3 is 5.97 Å². The van der Waals surface area contributed by atoms with Crippen molar-refractivity contribution < 1.29 is 14.3 Å². The minimum absolute atomic E-state index is 0. The predicted octanol–water partition coefficient (Wildman–Crippen LogP) is 3.15. The van der Waals surface area contributed by atoms with Gasteiger partial charge in [-0.25, -0.2) is 9.78 Å². The lowest BCUT2D eigenvalue weighted by Crippen LogP contribution is -2.48. The van der Waals surface area contributed by atoms with Crippen LogP contribution >= 0.6 is 12.4 Å². The Kier molecular flexibility index (Phi) is 8.74. The molecule has 0 radical (unpaired) electrons. The van der Waals surface area contributed by atoms with E-state index in [0.29, 0.717) is 18.5 Å². The lowest BCUT2D eigenvalue weighted by molar-refractivity contribution is -0.128. The Morgan fingerprint density at radius 2 is 1.79 bits per heavy atom. The van der Waals surface area contributed by atoms with E-state index < -0.39 is 0 Å². The number of pyridine rings is 1. The second kappa shape index (κ2) is 11.5. The van der Waals surface area contributed by atoms with Crippen molar-refractivity contribution in [1.29, 1.82) is 0 Å². The molecule has 2 aliphatic rings. The molecule has 9 heteroatoms. The molecule has 2 aromatic rings. The zero-order valence-corrected chi connectivity index (χ0v) is 21.0. The molecule has 4 rings (SSSR count). The number of methoxy groups -OCH3 is 1. The quantitative estimate of drug-likeness (QED) is 0.555. The number of halogens is 1. The first-order valence-electron chi connectivity index (χ1n) is 11.6. The maximum absolute atomic E-state index is 12.7. The van der Waals surface area contributed by atoms with Gasteiger partial charge in [-0.3, -0.25) is 19.7 Å². The highest BCUT2D eigenvalue weighted by Crippen LogP contribution is 2.28. The van der Waals surface area contributed by atoms with Gasteiger partial charge in [0.15, 0.2) is 0 Å². The normalized spacial score (nSPS) is 18.7.